The van der Waals surface area contributed by atoms with E-state index in [0.717, 1.165) is 36.5 Å². The van der Waals surface area contributed by atoms with Crippen molar-refractivity contribution in [3.63, 3.8) is 0 Å². The summed E-state index contributed by atoms with van der Waals surface area (Å²) in [6.45, 7) is 4.74. The van der Waals surface area contributed by atoms with Crippen molar-refractivity contribution >= 4 is 42.3 Å². The van der Waals surface area contributed by atoms with Crippen molar-refractivity contribution in [1.82, 2.24) is 0 Å². The van der Waals surface area contributed by atoms with Crippen molar-refractivity contribution in [1.29, 1.82) is 0 Å². The van der Waals surface area contributed by atoms with Gasteiger partial charge in [-0.25, -0.2) is 13.2 Å². The summed E-state index contributed by atoms with van der Waals surface area (Å²) in [6.07, 6.45) is 5.93. The largest absolute Gasteiger partial charge is 0.490 e. The number of hydrogen-bond donors (Lipinski definition) is 0. The maximum atomic E-state index is 15.5. The molecule has 1 saturated carbocycles. The average molecular weight is 457 g/mol. The zero-order valence-corrected chi connectivity index (χ0v) is 19.3. The van der Waals surface area contributed by atoms with E-state index in [1.165, 1.54) is 12.8 Å². The number of ether oxygens (including phenoxy) is 1. The third-order valence-corrected chi connectivity index (χ3v) is 8.11. The number of hydrogen-bond acceptors (Lipinski definition) is 2. The Labute approximate surface area is 190 Å². The summed E-state index contributed by atoms with van der Waals surface area (Å²) in [5.41, 5.74) is 0.512. The quantitative estimate of drug-likeness (QED) is 0.292. The van der Waals surface area contributed by atoms with Crippen LogP contribution in [0.2, 0.25) is 0 Å². The van der Waals surface area contributed by atoms with E-state index in [1.54, 1.807) is 30.3 Å². The third-order valence-electron chi connectivity index (χ3n) is 6.90. The minimum atomic E-state index is -0.604. The van der Waals surface area contributed by atoms with Crippen LogP contribution in [0.4, 0.5) is 13.2 Å². The molecule has 5 heteroatoms. The van der Waals surface area contributed by atoms with Crippen LogP contribution in [0.3, 0.4) is 0 Å². The Hall–Kier alpha value is -2.27. The molecular formula is C27H27F3OS. The van der Waals surface area contributed by atoms with E-state index in [-0.39, 0.29) is 15.8 Å². The molecule has 1 nitrogen and oxygen atoms in total. The van der Waals surface area contributed by atoms with Gasteiger partial charge in [-0.15, -0.1) is 11.3 Å². The van der Waals surface area contributed by atoms with E-state index in [4.69, 9.17) is 4.74 Å². The molecule has 0 aliphatic heterocycles. The second-order valence-corrected chi connectivity index (χ2v) is 10.3. The van der Waals surface area contributed by atoms with Crippen LogP contribution >= 0.6 is 11.3 Å². The van der Waals surface area contributed by atoms with Crippen LogP contribution in [0.25, 0.3) is 30.9 Å². The predicted octanol–water partition coefficient (Wildman–Crippen LogP) is 8.78. The summed E-state index contributed by atoms with van der Waals surface area (Å²) in [7, 11) is 0. The maximum Gasteiger partial charge on any atom is 0.182 e. The molecule has 0 atom stereocenters. The van der Waals surface area contributed by atoms with Gasteiger partial charge in [-0.05, 0) is 60.2 Å². The summed E-state index contributed by atoms with van der Waals surface area (Å²) < 4.78 is 52.3. The number of fused-ring (bicyclic) bond motifs is 4. The minimum absolute atomic E-state index is 0.00147. The normalized spacial score (nSPS) is 19.3. The first-order valence-electron chi connectivity index (χ1n) is 11.5. The maximum absolute atomic E-state index is 15.5. The lowest BCUT2D eigenvalue weighted by molar-refractivity contribution is 0.183. The van der Waals surface area contributed by atoms with Gasteiger partial charge < -0.3 is 4.74 Å². The second-order valence-electron chi connectivity index (χ2n) is 9.25. The van der Waals surface area contributed by atoms with Crippen molar-refractivity contribution in [3.05, 3.63) is 53.3 Å². The summed E-state index contributed by atoms with van der Waals surface area (Å²) in [5, 5.41) is 1.75. The Kier molecular flexibility index (Phi) is 5.79. The molecule has 3 aromatic carbocycles. The Morgan fingerprint density at radius 2 is 1.66 bits per heavy atom. The van der Waals surface area contributed by atoms with E-state index in [1.807, 2.05) is 6.92 Å². The van der Waals surface area contributed by atoms with Crippen molar-refractivity contribution in [3.8, 4) is 5.75 Å². The van der Waals surface area contributed by atoms with Gasteiger partial charge in [-0.1, -0.05) is 45.2 Å². The molecule has 5 rings (SSSR count). The minimum Gasteiger partial charge on any atom is -0.490 e. The molecule has 1 aliphatic carbocycles. The molecule has 0 saturated heterocycles. The van der Waals surface area contributed by atoms with Crippen LogP contribution in [0.5, 0.6) is 5.75 Å². The molecule has 0 spiro atoms. The fourth-order valence-corrected chi connectivity index (χ4v) is 6.11. The molecule has 32 heavy (non-hydrogen) atoms. The molecule has 0 unspecified atom stereocenters. The first-order valence-corrected chi connectivity index (χ1v) is 12.4. The third kappa shape index (κ3) is 3.64. The van der Waals surface area contributed by atoms with E-state index < -0.39 is 17.5 Å². The lowest BCUT2D eigenvalue weighted by Crippen LogP contribution is -2.19. The summed E-state index contributed by atoms with van der Waals surface area (Å²) in [5.74, 6) is -0.148. The Morgan fingerprint density at radius 3 is 2.41 bits per heavy atom. The lowest BCUT2D eigenvalue weighted by atomic mass is 9.83. The first-order chi connectivity index (χ1) is 15.5. The van der Waals surface area contributed by atoms with Gasteiger partial charge in [0, 0.05) is 10.8 Å². The van der Waals surface area contributed by atoms with Crippen LogP contribution < -0.4 is 4.74 Å². The molecule has 1 fully saturated rings. The Bertz CT molecular complexity index is 1300. The number of rotatable bonds is 5. The van der Waals surface area contributed by atoms with E-state index in [2.05, 4.69) is 6.92 Å². The Morgan fingerprint density at radius 1 is 0.906 bits per heavy atom. The van der Waals surface area contributed by atoms with Crippen LogP contribution in [0.1, 0.15) is 51.5 Å². The highest BCUT2D eigenvalue weighted by atomic mass is 32.1. The standard InChI is InChI=1S/C27H27F3OS/c1-3-4-17-9-10-18-13-20-19-11-12-21(31-14-16-7-5-15(2)6-8-16)24(29)26(19)32-27(20)25(30)22(18)23(17)28/h9-13,15-16H,3-8,14H2,1-2H3. The summed E-state index contributed by atoms with van der Waals surface area (Å²) in [6, 6.07) is 8.69. The van der Waals surface area contributed by atoms with E-state index >= 15 is 13.2 Å². The second kappa shape index (κ2) is 8.58. The van der Waals surface area contributed by atoms with Crippen molar-refractivity contribution < 1.29 is 17.9 Å². The molecule has 1 aromatic heterocycles. The monoisotopic (exact) mass is 456 g/mol. The summed E-state index contributed by atoms with van der Waals surface area (Å²) >= 11 is 1.04. The molecule has 4 aromatic rings. The number of thiophene rings is 1. The zero-order chi connectivity index (χ0) is 22.4. The SMILES string of the molecule is CCCc1ccc2cc3c(sc4c(F)c(OCC5CCC(C)CC5)ccc43)c(F)c2c1F. The van der Waals surface area contributed by atoms with Gasteiger partial charge in [0.25, 0.3) is 0 Å². The number of aryl methyl sites for hydroxylation is 1. The number of benzene rings is 3. The number of halogens is 3. The van der Waals surface area contributed by atoms with Crippen molar-refractivity contribution in [2.45, 2.75) is 52.4 Å². The van der Waals surface area contributed by atoms with Crippen molar-refractivity contribution in [2.75, 3.05) is 6.61 Å². The van der Waals surface area contributed by atoms with Gasteiger partial charge in [-0.3, -0.25) is 0 Å². The predicted molar refractivity (Wildman–Crippen MR) is 127 cm³/mol. The average Bonchev–Trinajstić information content (AvgIpc) is 3.16. The lowest BCUT2D eigenvalue weighted by Gasteiger charge is -2.26. The highest BCUT2D eigenvalue weighted by Crippen LogP contribution is 2.43. The fourth-order valence-electron chi connectivity index (χ4n) is 4.96. The van der Waals surface area contributed by atoms with Gasteiger partial charge in [-0.2, -0.15) is 0 Å². The fraction of sp³-hybridized carbons (Fsp3) is 0.407. The van der Waals surface area contributed by atoms with Gasteiger partial charge in [0.15, 0.2) is 17.4 Å². The zero-order valence-electron chi connectivity index (χ0n) is 18.4. The highest BCUT2D eigenvalue weighted by molar-refractivity contribution is 7.26. The molecular weight excluding hydrogens is 429 g/mol. The van der Waals surface area contributed by atoms with Crippen LogP contribution in [0.15, 0.2) is 30.3 Å². The highest BCUT2D eigenvalue weighted by Gasteiger charge is 2.22. The first kappa shape index (κ1) is 21.6. The van der Waals surface area contributed by atoms with Gasteiger partial charge in [0.1, 0.15) is 5.82 Å². The molecule has 0 radical (unpaired) electrons. The molecule has 1 aliphatic rings. The topological polar surface area (TPSA) is 9.23 Å². The molecule has 0 bridgehead atoms. The van der Waals surface area contributed by atoms with Crippen LogP contribution in [-0.4, -0.2) is 6.61 Å². The smallest absolute Gasteiger partial charge is 0.182 e. The van der Waals surface area contributed by atoms with E-state index in [9.17, 15) is 0 Å². The molecule has 1 heterocycles. The molecule has 0 N–H and O–H groups in total. The van der Waals surface area contributed by atoms with Gasteiger partial charge in [0.2, 0.25) is 0 Å². The van der Waals surface area contributed by atoms with Crippen LogP contribution in [0, 0.1) is 29.3 Å². The molecule has 0 amide bonds. The summed E-state index contributed by atoms with van der Waals surface area (Å²) in [4.78, 5) is 0. The van der Waals surface area contributed by atoms with Crippen molar-refractivity contribution in [2.24, 2.45) is 11.8 Å². The van der Waals surface area contributed by atoms with E-state index in [0.29, 0.717) is 45.4 Å². The van der Waals surface area contributed by atoms with Crippen LogP contribution in [-0.2, 0) is 6.42 Å². The van der Waals surface area contributed by atoms with Gasteiger partial charge >= 0.3 is 0 Å². The Balaban J connectivity index is 1.55. The molecule has 168 valence electrons. The van der Waals surface area contributed by atoms with Gasteiger partial charge in [0.05, 0.1) is 21.4 Å².